The predicted molar refractivity (Wildman–Crippen MR) is 125 cm³/mol. The molecule has 0 N–H and O–H groups in total. The molecule has 5 heteroatoms. The van der Waals surface area contributed by atoms with Gasteiger partial charge in [-0.25, -0.2) is 9.97 Å². The summed E-state index contributed by atoms with van der Waals surface area (Å²) < 4.78 is 1.76. The number of nitrogens with zero attached hydrogens (tertiary/aromatic N) is 3. The SMILES string of the molecule is CSc1ncc2c(=O)n(Cc3ccc(C(C)(C)C)cc3)cc(-c3ccccc3)c2n1. The molecule has 4 aromatic rings. The predicted octanol–water partition coefficient (Wildman–Crippen LogP) is 5.53. The minimum Gasteiger partial charge on any atom is -0.310 e. The summed E-state index contributed by atoms with van der Waals surface area (Å²) in [5.41, 5.74) is 5.07. The lowest BCUT2D eigenvalue weighted by Crippen LogP contribution is -2.21. The highest BCUT2D eigenvalue weighted by molar-refractivity contribution is 7.98. The van der Waals surface area contributed by atoms with Gasteiger partial charge in [0.1, 0.15) is 0 Å². The van der Waals surface area contributed by atoms with E-state index in [0.29, 0.717) is 22.6 Å². The van der Waals surface area contributed by atoms with Crippen molar-refractivity contribution in [3.63, 3.8) is 0 Å². The van der Waals surface area contributed by atoms with Gasteiger partial charge >= 0.3 is 0 Å². The van der Waals surface area contributed by atoms with Crippen LogP contribution in [0.1, 0.15) is 31.9 Å². The Morgan fingerprint density at radius 1 is 1.00 bits per heavy atom. The van der Waals surface area contributed by atoms with Crippen molar-refractivity contribution in [2.24, 2.45) is 0 Å². The molecule has 0 aliphatic rings. The van der Waals surface area contributed by atoms with Gasteiger partial charge in [-0.05, 0) is 28.4 Å². The summed E-state index contributed by atoms with van der Waals surface area (Å²) in [4.78, 5) is 22.2. The fourth-order valence-corrected chi connectivity index (χ4v) is 3.85. The van der Waals surface area contributed by atoms with E-state index >= 15 is 0 Å². The lowest BCUT2D eigenvalue weighted by atomic mass is 9.87. The van der Waals surface area contributed by atoms with Gasteiger partial charge in [-0.15, -0.1) is 0 Å². The van der Waals surface area contributed by atoms with Crippen molar-refractivity contribution < 1.29 is 0 Å². The van der Waals surface area contributed by atoms with Gasteiger partial charge < -0.3 is 4.57 Å². The van der Waals surface area contributed by atoms with Crippen LogP contribution >= 0.6 is 11.8 Å². The fraction of sp³-hybridized carbons (Fsp3) is 0.240. The highest BCUT2D eigenvalue weighted by atomic mass is 32.2. The lowest BCUT2D eigenvalue weighted by Gasteiger charge is -2.19. The Kier molecular flexibility index (Phi) is 5.48. The molecule has 4 rings (SSSR count). The van der Waals surface area contributed by atoms with E-state index in [0.717, 1.165) is 16.7 Å². The third kappa shape index (κ3) is 4.03. The minimum atomic E-state index is -0.0720. The van der Waals surface area contributed by atoms with Crippen molar-refractivity contribution in [3.05, 3.63) is 88.5 Å². The molecule has 0 radical (unpaired) electrons. The van der Waals surface area contributed by atoms with Crippen LogP contribution in [0.4, 0.5) is 0 Å². The van der Waals surface area contributed by atoms with Gasteiger partial charge in [-0.1, -0.05) is 87.1 Å². The molecular weight excluding hydrogens is 390 g/mol. The average molecular weight is 416 g/mol. The molecule has 0 saturated carbocycles. The van der Waals surface area contributed by atoms with E-state index in [4.69, 9.17) is 0 Å². The first kappa shape index (κ1) is 20.4. The number of rotatable bonds is 4. The van der Waals surface area contributed by atoms with Gasteiger partial charge in [-0.3, -0.25) is 4.79 Å². The van der Waals surface area contributed by atoms with Crippen LogP contribution in [0.5, 0.6) is 0 Å². The highest BCUT2D eigenvalue weighted by Crippen LogP contribution is 2.27. The molecule has 0 bridgehead atoms. The zero-order chi connectivity index (χ0) is 21.3. The maximum Gasteiger partial charge on any atom is 0.261 e. The molecule has 30 heavy (non-hydrogen) atoms. The number of hydrogen-bond acceptors (Lipinski definition) is 4. The molecule has 4 nitrogen and oxygen atoms in total. The van der Waals surface area contributed by atoms with Crippen LogP contribution in [0, 0.1) is 0 Å². The number of fused-ring (bicyclic) bond motifs is 1. The van der Waals surface area contributed by atoms with Crippen molar-refractivity contribution in [2.75, 3.05) is 6.26 Å². The van der Waals surface area contributed by atoms with E-state index in [1.807, 2.05) is 42.8 Å². The molecule has 0 aliphatic heterocycles. The molecule has 0 saturated heterocycles. The molecule has 2 aromatic heterocycles. The van der Waals surface area contributed by atoms with Gasteiger partial charge in [0.25, 0.3) is 5.56 Å². The summed E-state index contributed by atoms with van der Waals surface area (Å²) in [6.45, 7) is 7.10. The molecule has 2 heterocycles. The van der Waals surface area contributed by atoms with E-state index < -0.39 is 0 Å². The molecule has 0 spiro atoms. The van der Waals surface area contributed by atoms with Crippen molar-refractivity contribution in [1.29, 1.82) is 0 Å². The third-order valence-electron chi connectivity index (χ3n) is 5.24. The summed E-state index contributed by atoms with van der Waals surface area (Å²) in [7, 11) is 0. The van der Waals surface area contributed by atoms with Gasteiger partial charge in [0.05, 0.1) is 17.4 Å². The molecular formula is C25H25N3OS. The number of thioether (sulfide) groups is 1. The van der Waals surface area contributed by atoms with E-state index in [-0.39, 0.29) is 11.0 Å². The molecule has 152 valence electrons. The standard InChI is InChI=1S/C25H25N3OS/c1-25(2,3)19-12-10-17(11-13-19)15-28-16-21(18-8-6-5-7-9-18)22-20(23(28)29)14-26-24(27-22)30-4/h5-14,16H,15H2,1-4H3. The normalized spacial score (nSPS) is 11.7. The Morgan fingerprint density at radius 2 is 1.70 bits per heavy atom. The van der Waals surface area contributed by atoms with Crippen LogP contribution in [-0.4, -0.2) is 20.8 Å². The van der Waals surface area contributed by atoms with Crippen LogP contribution in [0.3, 0.4) is 0 Å². The Labute approximate surface area is 181 Å². The summed E-state index contributed by atoms with van der Waals surface area (Å²) in [5, 5.41) is 1.20. The smallest absolute Gasteiger partial charge is 0.261 e. The lowest BCUT2D eigenvalue weighted by molar-refractivity contribution is 0.589. The topological polar surface area (TPSA) is 47.8 Å². The first-order valence-corrected chi connectivity index (χ1v) is 11.2. The van der Waals surface area contributed by atoms with Crippen molar-refractivity contribution in [3.8, 4) is 11.1 Å². The number of pyridine rings is 1. The van der Waals surface area contributed by atoms with Crippen LogP contribution in [-0.2, 0) is 12.0 Å². The third-order valence-corrected chi connectivity index (χ3v) is 5.80. The summed E-state index contributed by atoms with van der Waals surface area (Å²) in [5.74, 6) is 0. The van der Waals surface area contributed by atoms with Crippen molar-refractivity contribution in [1.82, 2.24) is 14.5 Å². The number of aromatic nitrogens is 3. The second-order valence-electron chi connectivity index (χ2n) is 8.41. The van der Waals surface area contributed by atoms with E-state index in [1.165, 1.54) is 17.3 Å². The van der Waals surface area contributed by atoms with Gasteiger partial charge in [0.2, 0.25) is 0 Å². The zero-order valence-electron chi connectivity index (χ0n) is 17.7. The molecule has 0 aliphatic carbocycles. The quantitative estimate of drug-likeness (QED) is 0.325. The average Bonchev–Trinajstić information content (AvgIpc) is 2.75. The first-order chi connectivity index (χ1) is 14.4. The zero-order valence-corrected chi connectivity index (χ0v) is 18.5. The van der Waals surface area contributed by atoms with Crippen LogP contribution < -0.4 is 5.56 Å². The Morgan fingerprint density at radius 3 is 2.33 bits per heavy atom. The number of benzene rings is 2. The Hall–Kier alpha value is -2.92. The molecule has 0 atom stereocenters. The summed E-state index contributed by atoms with van der Waals surface area (Å²) >= 11 is 1.47. The second kappa shape index (κ2) is 8.07. The molecule has 0 unspecified atom stereocenters. The molecule has 0 fully saturated rings. The van der Waals surface area contributed by atoms with Crippen LogP contribution in [0.15, 0.2) is 76.9 Å². The van der Waals surface area contributed by atoms with E-state index in [1.54, 1.807) is 10.8 Å². The number of hydrogen-bond donors (Lipinski definition) is 0. The molecule has 0 amide bonds. The first-order valence-electron chi connectivity index (χ1n) is 9.96. The summed E-state index contributed by atoms with van der Waals surface area (Å²) in [6.07, 6.45) is 5.52. The van der Waals surface area contributed by atoms with E-state index in [9.17, 15) is 4.79 Å². The maximum atomic E-state index is 13.2. The van der Waals surface area contributed by atoms with Gasteiger partial charge in [0.15, 0.2) is 5.16 Å². The Balaban J connectivity index is 1.84. The Bertz CT molecular complexity index is 1240. The van der Waals surface area contributed by atoms with Crippen molar-refractivity contribution in [2.45, 2.75) is 37.9 Å². The second-order valence-corrected chi connectivity index (χ2v) is 9.18. The van der Waals surface area contributed by atoms with Crippen LogP contribution in [0.25, 0.3) is 22.0 Å². The monoisotopic (exact) mass is 415 g/mol. The largest absolute Gasteiger partial charge is 0.310 e. The molecule has 2 aromatic carbocycles. The minimum absolute atomic E-state index is 0.0720. The van der Waals surface area contributed by atoms with E-state index in [2.05, 4.69) is 55.0 Å². The van der Waals surface area contributed by atoms with Gasteiger partial charge in [-0.2, -0.15) is 0 Å². The fourth-order valence-electron chi connectivity index (χ4n) is 3.51. The highest BCUT2D eigenvalue weighted by Gasteiger charge is 2.15. The van der Waals surface area contributed by atoms with Crippen molar-refractivity contribution >= 4 is 22.7 Å². The summed E-state index contributed by atoms with van der Waals surface area (Å²) in [6, 6.07) is 18.6. The van der Waals surface area contributed by atoms with Crippen LogP contribution in [0.2, 0.25) is 0 Å². The maximum absolute atomic E-state index is 13.2. The van der Waals surface area contributed by atoms with Gasteiger partial charge in [0, 0.05) is 18.0 Å².